The number of carbonyl (C=O) groups excluding carboxylic acids is 1. The average molecular weight is 310 g/mol. The molecule has 1 aliphatic rings. The maximum atomic E-state index is 12.9. The maximum Gasteiger partial charge on any atom is 0.422 e. The molecule has 0 bridgehead atoms. The summed E-state index contributed by atoms with van der Waals surface area (Å²) in [5.41, 5.74) is -3.35. The van der Waals surface area contributed by atoms with Gasteiger partial charge in [-0.15, -0.1) is 0 Å². The fourth-order valence-corrected chi connectivity index (χ4v) is 2.19. The minimum Gasteiger partial charge on any atom is -0.479 e. The summed E-state index contributed by atoms with van der Waals surface area (Å²) < 4.78 is 38.6. The van der Waals surface area contributed by atoms with Gasteiger partial charge in [-0.1, -0.05) is 20.8 Å². The first-order chi connectivity index (χ1) is 9.29. The molecule has 0 aromatic heterocycles. The first-order valence-electron chi connectivity index (χ1n) is 6.66. The third-order valence-electron chi connectivity index (χ3n) is 4.05. The zero-order chi connectivity index (χ0) is 16.6. The van der Waals surface area contributed by atoms with E-state index in [1.165, 1.54) is 4.90 Å². The van der Waals surface area contributed by atoms with Crippen LogP contribution in [0.1, 0.15) is 34.1 Å². The van der Waals surface area contributed by atoms with Crippen molar-refractivity contribution >= 4 is 12.0 Å². The van der Waals surface area contributed by atoms with Crippen molar-refractivity contribution in [2.24, 2.45) is 11.3 Å². The van der Waals surface area contributed by atoms with Crippen molar-refractivity contribution in [3.8, 4) is 0 Å². The fourth-order valence-electron chi connectivity index (χ4n) is 2.19. The Morgan fingerprint density at radius 3 is 2.05 bits per heavy atom. The number of nitrogens with zero attached hydrogens (tertiary/aromatic N) is 1. The number of urea groups is 1. The zero-order valence-corrected chi connectivity index (χ0v) is 12.5. The molecule has 122 valence electrons. The van der Waals surface area contributed by atoms with Gasteiger partial charge in [0.15, 0.2) is 0 Å². The quantitative estimate of drug-likeness (QED) is 0.823. The van der Waals surface area contributed by atoms with Crippen molar-refractivity contribution < 1.29 is 27.9 Å². The van der Waals surface area contributed by atoms with Gasteiger partial charge in [0.1, 0.15) is 0 Å². The summed E-state index contributed by atoms with van der Waals surface area (Å²) in [5.74, 6) is -1.96. The molecular formula is C13H21F3N2O3. The van der Waals surface area contributed by atoms with Gasteiger partial charge in [0.05, 0.1) is 0 Å². The number of carboxylic acids is 1. The molecule has 8 heteroatoms. The van der Waals surface area contributed by atoms with Gasteiger partial charge in [0.2, 0.25) is 5.54 Å². The predicted molar refractivity (Wildman–Crippen MR) is 69.8 cm³/mol. The Morgan fingerprint density at radius 2 is 1.71 bits per heavy atom. The Bertz CT molecular complexity index is 431. The molecule has 0 spiro atoms. The van der Waals surface area contributed by atoms with Crippen LogP contribution in [0.2, 0.25) is 0 Å². The van der Waals surface area contributed by atoms with Crippen molar-refractivity contribution in [1.82, 2.24) is 10.2 Å². The number of alkyl halides is 3. The summed E-state index contributed by atoms with van der Waals surface area (Å²) in [6.07, 6.45) is -4.38. The van der Waals surface area contributed by atoms with Gasteiger partial charge >= 0.3 is 18.2 Å². The molecule has 0 radical (unpaired) electrons. The normalized spacial score (nSPS) is 22.8. The van der Waals surface area contributed by atoms with Crippen LogP contribution in [-0.4, -0.2) is 46.8 Å². The smallest absolute Gasteiger partial charge is 0.422 e. The highest BCUT2D eigenvalue weighted by Crippen LogP contribution is 2.34. The maximum absolute atomic E-state index is 12.9. The van der Waals surface area contributed by atoms with Crippen LogP contribution in [0.5, 0.6) is 0 Å². The van der Waals surface area contributed by atoms with E-state index >= 15 is 0 Å². The molecule has 0 aromatic carbocycles. The molecule has 2 amide bonds. The molecule has 0 aliphatic carbocycles. The van der Waals surface area contributed by atoms with Gasteiger partial charge in [-0.25, -0.2) is 9.59 Å². The lowest BCUT2D eigenvalue weighted by Crippen LogP contribution is -2.63. The molecule has 1 fully saturated rings. The topological polar surface area (TPSA) is 69.6 Å². The number of carboxylic acid groups (broad SMARTS) is 1. The molecule has 1 rings (SSSR count). The van der Waals surface area contributed by atoms with Gasteiger partial charge in [-0.2, -0.15) is 13.2 Å². The molecule has 0 aromatic rings. The Balaban J connectivity index is 2.80. The first kappa shape index (κ1) is 17.6. The van der Waals surface area contributed by atoms with E-state index in [9.17, 15) is 22.8 Å². The summed E-state index contributed by atoms with van der Waals surface area (Å²) in [6, 6.07) is -0.996. The Kier molecular flexibility index (Phi) is 4.51. The van der Waals surface area contributed by atoms with Crippen LogP contribution in [-0.2, 0) is 4.79 Å². The molecule has 2 N–H and O–H groups in total. The number of nitrogens with one attached hydrogen (secondary N) is 1. The van der Waals surface area contributed by atoms with Gasteiger partial charge in [0.25, 0.3) is 0 Å². The number of halogens is 3. The lowest BCUT2D eigenvalue weighted by Gasteiger charge is -2.31. The summed E-state index contributed by atoms with van der Waals surface area (Å²) in [4.78, 5) is 24.1. The monoisotopic (exact) mass is 310 g/mol. The zero-order valence-electron chi connectivity index (χ0n) is 12.5. The Labute approximate surface area is 121 Å². The van der Waals surface area contributed by atoms with E-state index in [1.54, 1.807) is 5.32 Å². The van der Waals surface area contributed by atoms with Gasteiger partial charge < -0.3 is 15.3 Å². The molecule has 2 unspecified atom stereocenters. The van der Waals surface area contributed by atoms with Gasteiger partial charge in [0, 0.05) is 13.1 Å². The molecule has 5 nitrogen and oxygen atoms in total. The summed E-state index contributed by atoms with van der Waals surface area (Å²) >= 11 is 0. The van der Waals surface area contributed by atoms with Gasteiger partial charge in [-0.05, 0) is 24.7 Å². The van der Waals surface area contributed by atoms with Gasteiger partial charge in [-0.3, -0.25) is 0 Å². The third-order valence-corrected chi connectivity index (χ3v) is 4.05. The molecule has 1 saturated heterocycles. The standard InChI is InChI=1S/C13H21F3N2O3/c1-11(2,3)8-5-6-18(7-8)10(21)17-12(4,9(19)20)13(14,15)16/h8H,5-7H2,1-4H3,(H,17,21)(H,19,20). The van der Waals surface area contributed by atoms with Crippen LogP contribution in [0.15, 0.2) is 0 Å². The first-order valence-corrected chi connectivity index (χ1v) is 6.66. The Morgan fingerprint density at radius 1 is 1.19 bits per heavy atom. The second kappa shape index (κ2) is 5.38. The number of hydrogen-bond acceptors (Lipinski definition) is 2. The van der Waals surface area contributed by atoms with Crippen molar-refractivity contribution in [2.45, 2.75) is 45.8 Å². The summed E-state index contributed by atoms with van der Waals surface area (Å²) in [6.45, 7) is 7.08. The summed E-state index contributed by atoms with van der Waals surface area (Å²) in [7, 11) is 0. The number of likely N-dealkylation sites (tertiary alicyclic amines) is 1. The van der Waals surface area contributed by atoms with Crippen LogP contribution < -0.4 is 5.32 Å². The minimum atomic E-state index is -5.07. The average Bonchev–Trinajstić information content (AvgIpc) is 2.75. The largest absolute Gasteiger partial charge is 0.479 e. The molecule has 1 heterocycles. The van der Waals surface area contributed by atoms with Crippen LogP contribution >= 0.6 is 0 Å². The van der Waals surface area contributed by atoms with E-state index in [4.69, 9.17) is 5.11 Å². The van der Waals surface area contributed by atoms with Crippen LogP contribution in [0, 0.1) is 11.3 Å². The number of aliphatic carboxylic acids is 1. The highest BCUT2D eigenvalue weighted by molar-refractivity contribution is 5.86. The Hall–Kier alpha value is -1.47. The van der Waals surface area contributed by atoms with E-state index in [0.29, 0.717) is 26.4 Å². The molecule has 21 heavy (non-hydrogen) atoms. The second-order valence-corrected chi connectivity index (χ2v) is 6.66. The minimum absolute atomic E-state index is 0.0604. The molecule has 1 aliphatic heterocycles. The molecular weight excluding hydrogens is 289 g/mol. The molecule has 0 saturated carbocycles. The number of carbonyl (C=O) groups is 2. The number of rotatable bonds is 2. The van der Waals surface area contributed by atoms with Crippen LogP contribution in [0.4, 0.5) is 18.0 Å². The lowest BCUT2D eigenvalue weighted by molar-refractivity contribution is -0.203. The van der Waals surface area contributed by atoms with E-state index in [0.717, 1.165) is 0 Å². The predicted octanol–water partition coefficient (Wildman–Crippen LogP) is 2.47. The number of hydrogen-bond donors (Lipinski definition) is 2. The molecule has 2 atom stereocenters. The highest BCUT2D eigenvalue weighted by atomic mass is 19.4. The third kappa shape index (κ3) is 3.59. The van der Waals surface area contributed by atoms with Crippen molar-refractivity contribution in [2.75, 3.05) is 13.1 Å². The lowest BCUT2D eigenvalue weighted by atomic mass is 9.80. The van der Waals surface area contributed by atoms with Crippen molar-refractivity contribution in [1.29, 1.82) is 0 Å². The SMILES string of the molecule is CC(C)(C)C1CCN(C(=O)NC(C)(C(=O)O)C(F)(F)F)C1. The van der Waals surface area contributed by atoms with Crippen LogP contribution in [0.3, 0.4) is 0 Å². The van der Waals surface area contributed by atoms with Crippen molar-refractivity contribution in [3.63, 3.8) is 0 Å². The van der Waals surface area contributed by atoms with E-state index in [-0.39, 0.29) is 11.3 Å². The van der Waals surface area contributed by atoms with E-state index in [1.807, 2.05) is 20.8 Å². The van der Waals surface area contributed by atoms with E-state index < -0.39 is 23.7 Å². The summed E-state index contributed by atoms with van der Waals surface area (Å²) in [5, 5.41) is 10.4. The second-order valence-electron chi connectivity index (χ2n) is 6.66. The van der Waals surface area contributed by atoms with Crippen LogP contribution in [0.25, 0.3) is 0 Å². The van der Waals surface area contributed by atoms with Crippen molar-refractivity contribution in [3.05, 3.63) is 0 Å². The highest BCUT2D eigenvalue weighted by Gasteiger charge is 2.59. The fraction of sp³-hybridized carbons (Fsp3) is 0.846. The number of amides is 2. The van der Waals surface area contributed by atoms with E-state index in [2.05, 4.69) is 0 Å².